The van der Waals surface area contributed by atoms with Crippen LogP contribution in [0, 0.1) is 0 Å². The third kappa shape index (κ3) is 11.8. The molecule has 1 fully saturated rings. The van der Waals surface area contributed by atoms with Crippen LogP contribution in [-0.4, -0.2) is 30.5 Å². The summed E-state index contributed by atoms with van der Waals surface area (Å²) in [6.45, 7) is 9.74. The van der Waals surface area contributed by atoms with Crippen molar-refractivity contribution in [2.24, 2.45) is 0 Å². The van der Waals surface area contributed by atoms with Gasteiger partial charge in [0.25, 0.3) is 0 Å². The monoisotopic (exact) mass is 247 g/mol. The topological polar surface area (TPSA) is 38.3 Å². The first kappa shape index (κ1) is 14.9. The third-order valence-corrected chi connectivity index (χ3v) is 6.60. The Labute approximate surface area is 97.1 Å². The lowest BCUT2D eigenvalue weighted by molar-refractivity contribution is -0.120. The fraction of sp³-hybridized carbons (Fsp3) is 0.900. The van der Waals surface area contributed by atoms with Crippen molar-refractivity contribution in [3.63, 3.8) is 0 Å². The number of hydrogen-bond donors (Lipinski definition) is 1. The molecule has 1 rings (SSSR count). The van der Waals surface area contributed by atoms with Gasteiger partial charge in [0.05, 0.1) is 0 Å². The Kier molecular flexibility index (Phi) is 7.99. The molecule has 0 aromatic carbocycles. The molecule has 0 aromatic heterocycles. The maximum absolute atomic E-state index is 10.6. The van der Waals surface area contributed by atoms with Gasteiger partial charge in [0.1, 0.15) is 9.76 Å². The molecule has 1 aliphatic heterocycles. The highest BCUT2D eigenvalue weighted by molar-refractivity contribution is 6.73. The van der Waals surface area contributed by atoms with Gasteiger partial charge in [-0.3, -0.25) is 4.79 Å². The molecule has 0 spiro atoms. The van der Waals surface area contributed by atoms with E-state index in [1.54, 1.807) is 0 Å². The molecule has 5 heteroatoms. The highest BCUT2D eigenvalue weighted by Crippen LogP contribution is 2.02. The largest absolute Gasteiger partial charge is 0.461 e. The Balaban J connectivity index is 0.000000265. The predicted octanol–water partition coefficient (Wildman–Crippen LogP) is 1.65. The van der Waals surface area contributed by atoms with Crippen LogP contribution < -0.4 is 5.32 Å². The Morgan fingerprint density at radius 3 is 2.40 bits per heavy atom. The molecular weight excluding hydrogens is 222 g/mol. The molecule has 1 heterocycles. The lowest BCUT2D eigenvalue weighted by Gasteiger charge is -2.14. The van der Waals surface area contributed by atoms with E-state index in [-0.39, 0.29) is 15.7 Å². The van der Waals surface area contributed by atoms with Gasteiger partial charge in [0.2, 0.25) is 5.91 Å². The number of amides is 1. The molecule has 0 atom stereocenters. The average Bonchev–Trinajstić information content (AvgIpc) is 2.31. The summed E-state index contributed by atoms with van der Waals surface area (Å²) in [5.74, 6) is 0.225. The maximum atomic E-state index is 10.6. The second kappa shape index (κ2) is 8.07. The van der Waals surface area contributed by atoms with Crippen LogP contribution in [0.1, 0.15) is 25.7 Å². The minimum absolute atomic E-state index is 0.128. The summed E-state index contributed by atoms with van der Waals surface area (Å²) in [5, 5.41) is 2.81. The van der Waals surface area contributed by atoms with Crippen molar-refractivity contribution in [3.8, 4) is 0 Å². The van der Waals surface area contributed by atoms with Crippen LogP contribution >= 0.6 is 0 Å². The zero-order valence-electron chi connectivity index (χ0n) is 10.6. The zero-order valence-corrected chi connectivity index (χ0v) is 13.0. The Bertz CT molecular complexity index is 171. The first-order chi connectivity index (χ1) is 6.95. The van der Waals surface area contributed by atoms with Crippen molar-refractivity contribution in [1.82, 2.24) is 5.32 Å². The lowest BCUT2D eigenvalue weighted by atomic mass is 10.2. The van der Waals surface area contributed by atoms with E-state index in [4.69, 9.17) is 4.12 Å². The molecule has 1 saturated heterocycles. The van der Waals surface area contributed by atoms with E-state index in [1.807, 2.05) is 0 Å². The van der Waals surface area contributed by atoms with Crippen molar-refractivity contribution >= 4 is 24.0 Å². The van der Waals surface area contributed by atoms with Crippen molar-refractivity contribution in [2.75, 3.05) is 6.54 Å². The van der Waals surface area contributed by atoms with E-state index >= 15 is 0 Å². The van der Waals surface area contributed by atoms with Crippen LogP contribution in [0.5, 0.6) is 0 Å². The Morgan fingerprint density at radius 1 is 1.27 bits per heavy atom. The normalized spacial score (nSPS) is 18.0. The fourth-order valence-corrected chi connectivity index (χ4v) is 4.80. The second-order valence-electron chi connectivity index (χ2n) is 4.71. The SMILES string of the molecule is C[SiH2]O[Si](C)(C)C.O=C1CCCCCN1. The number of nitrogens with one attached hydrogen (secondary N) is 1. The zero-order chi connectivity index (χ0) is 11.7. The smallest absolute Gasteiger partial charge is 0.219 e. The molecule has 0 bridgehead atoms. The van der Waals surface area contributed by atoms with Crippen molar-refractivity contribution < 1.29 is 8.91 Å². The van der Waals surface area contributed by atoms with Crippen molar-refractivity contribution in [2.45, 2.75) is 51.9 Å². The van der Waals surface area contributed by atoms with Gasteiger partial charge in [-0.2, -0.15) is 0 Å². The van der Waals surface area contributed by atoms with Gasteiger partial charge >= 0.3 is 0 Å². The van der Waals surface area contributed by atoms with Gasteiger partial charge in [-0.25, -0.2) is 0 Å². The summed E-state index contributed by atoms with van der Waals surface area (Å²) in [6.07, 6.45) is 4.18. The third-order valence-electron chi connectivity index (χ3n) is 1.98. The minimum Gasteiger partial charge on any atom is -0.461 e. The van der Waals surface area contributed by atoms with Crippen LogP contribution in [0.4, 0.5) is 0 Å². The quantitative estimate of drug-likeness (QED) is 0.754. The standard InChI is InChI=1S/C6H11NO.C4H14OSi2/c8-6-4-2-1-3-5-7-6;1-6-5-7(2,3)4/h1-5H2,(H,7,8);6H2,1-4H3. The molecule has 0 saturated carbocycles. The summed E-state index contributed by atoms with van der Waals surface area (Å²) in [4.78, 5) is 10.6. The molecule has 1 N–H and O–H groups in total. The van der Waals surface area contributed by atoms with Gasteiger partial charge in [0.15, 0.2) is 8.32 Å². The first-order valence-electron chi connectivity index (χ1n) is 5.86. The highest BCUT2D eigenvalue weighted by atomic mass is 28.4. The van der Waals surface area contributed by atoms with Gasteiger partial charge in [-0.15, -0.1) is 0 Å². The Hall–Kier alpha value is -0.136. The van der Waals surface area contributed by atoms with E-state index in [0.717, 1.165) is 25.8 Å². The van der Waals surface area contributed by atoms with E-state index in [2.05, 4.69) is 31.5 Å². The molecule has 0 aliphatic carbocycles. The van der Waals surface area contributed by atoms with Crippen LogP contribution in [0.15, 0.2) is 0 Å². The van der Waals surface area contributed by atoms with Gasteiger partial charge in [-0.1, -0.05) is 13.0 Å². The highest BCUT2D eigenvalue weighted by Gasteiger charge is 2.10. The maximum Gasteiger partial charge on any atom is 0.219 e. The van der Waals surface area contributed by atoms with E-state index in [0.29, 0.717) is 0 Å². The molecule has 1 aliphatic rings. The molecule has 3 nitrogen and oxygen atoms in total. The number of hydrogen-bond acceptors (Lipinski definition) is 2. The Morgan fingerprint density at radius 2 is 1.93 bits per heavy atom. The van der Waals surface area contributed by atoms with Crippen LogP contribution in [0.2, 0.25) is 26.2 Å². The number of rotatable bonds is 2. The predicted molar refractivity (Wildman–Crippen MR) is 70.3 cm³/mol. The van der Waals surface area contributed by atoms with Gasteiger partial charge in [0, 0.05) is 13.0 Å². The van der Waals surface area contributed by atoms with Gasteiger partial charge < -0.3 is 9.43 Å². The summed E-state index contributed by atoms with van der Waals surface area (Å²) < 4.78 is 5.51. The molecule has 1 amide bonds. The summed E-state index contributed by atoms with van der Waals surface area (Å²) >= 11 is 0. The molecule has 0 unspecified atom stereocenters. The average molecular weight is 247 g/mol. The number of carbonyl (C=O) groups is 1. The number of carbonyl (C=O) groups excluding carboxylic acids is 1. The lowest BCUT2D eigenvalue weighted by Crippen LogP contribution is -2.26. The van der Waals surface area contributed by atoms with Gasteiger partial charge in [-0.05, 0) is 32.5 Å². The van der Waals surface area contributed by atoms with E-state index in [9.17, 15) is 4.79 Å². The van der Waals surface area contributed by atoms with Crippen LogP contribution in [0.3, 0.4) is 0 Å². The second-order valence-corrected chi connectivity index (χ2v) is 10.7. The molecule has 0 aromatic rings. The van der Waals surface area contributed by atoms with E-state index < -0.39 is 8.32 Å². The summed E-state index contributed by atoms with van der Waals surface area (Å²) in [7, 11) is -1.22. The molecular formula is C10H25NO2Si2. The summed E-state index contributed by atoms with van der Waals surface area (Å²) in [6, 6.07) is 0. The van der Waals surface area contributed by atoms with Crippen molar-refractivity contribution in [3.05, 3.63) is 0 Å². The molecule has 0 radical (unpaired) electrons. The van der Waals surface area contributed by atoms with E-state index in [1.165, 1.54) is 6.42 Å². The van der Waals surface area contributed by atoms with Crippen LogP contribution in [0.25, 0.3) is 0 Å². The van der Waals surface area contributed by atoms with Crippen LogP contribution in [-0.2, 0) is 8.91 Å². The molecule has 15 heavy (non-hydrogen) atoms. The first-order valence-corrected chi connectivity index (χ1v) is 11.3. The van der Waals surface area contributed by atoms with Crippen molar-refractivity contribution in [1.29, 1.82) is 0 Å². The molecule has 90 valence electrons. The fourth-order valence-electron chi connectivity index (χ4n) is 1.34. The minimum atomic E-state index is -1.10. The summed E-state index contributed by atoms with van der Waals surface area (Å²) in [5.41, 5.74) is 0.